The Morgan fingerprint density at radius 1 is 1.25 bits per heavy atom. The first-order valence-electron chi connectivity index (χ1n) is 5.27. The summed E-state index contributed by atoms with van der Waals surface area (Å²) in [6, 6.07) is 5.72. The fourth-order valence-electron chi connectivity index (χ4n) is 1.44. The topological polar surface area (TPSA) is 50.7 Å². The van der Waals surface area contributed by atoms with Gasteiger partial charge < -0.3 is 19.9 Å². The van der Waals surface area contributed by atoms with Gasteiger partial charge >= 0.3 is 0 Å². The Hall–Kier alpha value is -1.26. The van der Waals surface area contributed by atoms with Crippen molar-refractivity contribution in [2.45, 2.75) is 19.5 Å². The van der Waals surface area contributed by atoms with Gasteiger partial charge in [0.2, 0.25) is 0 Å². The summed E-state index contributed by atoms with van der Waals surface area (Å²) in [6.45, 7) is 2.63. The number of methoxy groups -OCH3 is 2. The maximum Gasteiger partial charge on any atom is 0.127 e. The number of rotatable bonds is 6. The van der Waals surface area contributed by atoms with E-state index in [9.17, 15) is 0 Å². The summed E-state index contributed by atoms with van der Waals surface area (Å²) in [5, 5.41) is 12.1. The van der Waals surface area contributed by atoms with Crippen LogP contribution in [0.15, 0.2) is 18.2 Å². The second-order valence-corrected chi connectivity index (χ2v) is 3.61. The van der Waals surface area contributed by atoms with Crippen molar-refractivity contribution in [3.63, 3.8) is 0 Å². The van der Waals surface area contributed by atoms with Crippen LogP contribution in [0.4, 0.5) is 0 Å². The Kier molecular flexibility index (Phi) is 5.08. The smallest absolute Gasteiger partial charge is 0.127 e. The molecule has 16 heavy (non-hydrogen) atoms. The number of aliphatic hydroxyl groups is 1. The monoisotopic (exact) mass is 225 g/mol. The molecule has 1 atom stereocenters. The number of aliphatic hydroxyl groups excluding tert-OH is 1. The average Bonchev–Trinajstić information content (AvgIpc) is 2.35. The zero-order valence-electron chi connectivity index (χ0n) is 9.99. The van der Waals surface area contributed by atoms with Crippen molar-refractivity contribution in [2.75, 3.05) is 20.8 Å². The highest BCUT2D eigenvalue weighted by atomic mass is 16.5. The second-order valence-electron chi connectivity index (χ2n) is 3.61. The van der Waals surface area contributed by atoms with Crippen molar-refractivity contribution in [1.82, 2.24) is 5.32 Å². The number of ether oxygens (including phenoxy) is 2. The summed E-state index contributed by atoms with van der Waals surface area (Å²) in [6.07, 6.45) is 0. The van der Waals surface area contributed by atoms with Gasteiger partial charge in [0.05, 0.1) is 20.8 Å². The minimum absolute atomic E-state index is 0.0506. The lowest BCUT2D eigenvalue weighted by Gasteiger charge is -2.15. The zero-order valence-corrected chi connectivity index (χ0v) is 9.99. The predicted molar refractivity (Wildman–Crippen MR) is 62.9 cm³/mol. The van der Waals surface area contributed by atoms with Crippen LogP contribution in [0.5, 0.6) is 11.5 Å². The van der Waals surface area contributed by atoms with Crippen LogP contribution in [-0.4, -0.2) is 32.0 Å². The third kappa shape index (κ3) is 3.12. The lowest BCUT2D eigenvalue weighted by atomic mass is 10.1. The maximum atomic E-state index is 8.94. The van der Waals surface area contributed by atoms with Crippen molar-refractivity contribution < 1.29 is 14.6 Å². The molecule has 0 saturated heterocycles. The Morgan fingerprint density at radius 3 is 2.25 bits per heavy atom. The van der Waals surface area contributed by atoms with E-state index in [4.69, 9.17) is 14.6 Å². The van der Waals surface area contributed by atoms with E-state index >= 15 is 0 Å². The lowest BCUT2D eigenvalue weighted by molar-refractivity contribution is 0.250. The summed E-state index contributed by atoms with van der Waals surface area (Å²) in [5.41, 5.74) is 0.966. The van der Waals surface area contributed by atoms with E-state index in [2.05, 4.69) is 5.32 Å². The van der Waals surface area contributed by atoms with Gasteiger partial charge in [-0.05, 0) is 19.1 Å². The first kappa shape index (κ1) is 12.8. The van der Waals surface area contributed by atoms with Crippen LogP contribution >= 0.6 is 0 Å². The molecule has 0 aliphatic rings. The molecule has 4 nitrogen and oxygen atoms in total. The van der Waals surface area contributed by atoms with E-state index in [1.807, 2.05) is 25.1 Å². The summed E-state index contributed by atoms with van der Waals surface area (Å²) in [4.78, 5) is 0. The third-order valence-corrected chi connectivity index (χ3v) is 2.43. The predicted octanol–water partition coefficient (Wildman–Crippen LogP) is 1.17. The number of hydrogen-bond donors (Lipinski definition) is 2. The molecule has 1 rings (SSSR count). The van der Waals surface area contributed by atoms with Crippen LogP contribution in [-0.2, 0) is 6.54 Å². The van der Waals surface area contributed by atoms with Gasteiger partial charge in [0.25, 0.3) is 0 Å². The Bertz CT molecular complexity index is 306. The van der Waals surface area contributed by atoms with Crippen molar-refractivity contribution in [2.24, 2.45) is 0 Å². The van der Waals surface area contributed by atoms with Crippen molar-refractivity contribution >= 4 is 0 Å². The summed E-state index contributed by atoms with van der Waals surface area (Å²) >= 11 is 0. The Balaban J connectivity index is 2.82. The van der Waals surface area contributed by atoms with E-state index in [1.165, 1.54) is 0 Å². The van der Waals surface area contributed by atoms with Crippen LogP contribution in [0.1, 0.15) is 12.5 Å². The second kappa shape index (κ2) is 6.35. The van der Waals surface area contributed by atoms with E-state index in [0.717, 1.165) is 17.1 Å². The molecule has 1 unspecified atom stereocenters. The average molecular weight is 225 g/mol. The number of nitrogens with one attached hydrogen (secondary N) is 1. The normalized spacial score (nSPS) is 12.2. The number of benzene rings is 1. The Morgan fingerprint density at radius 2 is 1.81 bits per heavy atom. The first-order chi connectivity index (χ1) is 7.72. The quantitative estimate of drug-likeness (QED) is 0.763. The van der Waals surface area contributed by atoms with Crippen LogP contribution in [0.2, 0.25) is 0 Å². The molecular formula is C12H19NO3. The van der Waals surface area contributed by atoms with Gasteiger partial charge in [-0.1, -0.05) is 6.07 Å². The molecule has 0 aromatic heterocycles. The van der Waals surface area contributed by atoms with Gasteiger partial charge in [0.1, 0.15) is 11.5 Å². The van der Waals surface area contributed by atoms with E-state index in [-0.39, 0.29) is 12.6 Å². The molecule has 0 fully saturated rings. The molecular weight excluding hydrogens is 206 g/mol. The SMILES string of the molecule is COc1cccc(OC)c1CNC(C)CO. The lowest BCUT2D eigenvalue weighted by Crippen LogP contribution is -2.28. The van der Waals surface area contributed by atoms with Gasteiger partial charge in [0.15, 0.2) is 0 Å². The molecule has 0 radical (unpaired) electrons. The molecule has 0 spiro atoms. The highest BCUT2D eigenvalue weighted by Gasteiger charge is 2.10. The first-order valence-corrected chi connectivity index (χ1v) is 5.27. The highest BCUT2D eigenvalue weighted by molar-refractivity contribution is 5.44. The summed E-state index contributed by atoms with van der Waals surface area (Å²) in [7, 11) is 3.27. The molecule has 0 saturated carbocycles. The Labute approximate surface area is 96.2 Å². The van der Waals surface area contributed by atoms with Gasteiger partial charge in [-0.2, -0.15) is 0 Å². The molecule has 0 amide bonds. The van der Waals surface area contributed by atoms with Crippen molar-refractivity contribution in [3.05, 3.63) is 23.8 Å². The molecule has 0 aliphatic carbocycles. The standard InChI is InChI=1S/C12H19NO3/c1-9(8-14)13-7-10-11(15-2)5-4-6-12(10)16-3/h4-6,9,13-14H,7-8H2,1-3H3. The van der Waals surface area contributed by atoms with E-state index in [0.29, 0.717) is 6.54 Å². The van der Waals surface area contributed by atoms with E-state index in [1.54, 1.807) is 14.2 Å². The molecule has 0 aliphatic heterocycles. The molecule has 0 heterocycles. The fraction of sp³-hybridized carbons (Fsp3) is 0.500. The maximum absolute atomic E-state index is 8.94. The van der Waals surface area contributed by atoms with Gasteiger partial charge in [-0.15, -0.1) is 0 Å². The third-order valence-electron chi connectivity index (χ3n) is 2.43. The van der Waals surface area contributed by atoms with Crippen LogP contribution in [0, 0.1) is 0 Å². The van der Waals surface area contributed by atoms with Crippen LogP contribution in [0.25, 0.3) is 0 Å². The van der Waals surface area contributed by atoms with Crippen molar-refractivity contribution in [1.29, 1.82) is 0 Å². The minimum atomic E-state index is 0.0506. The summed E-state index contributed by atoms with van der Waals surface area (Å²) in [5.74, 6) is 1.58. The van der Waals surface area contributed by atoms with Crippen molar-refractivity contribution in [3.8, 4) is 11.5 Å². The molecule has 90 valence electrons. The molecule has 1 aromatic carbocycles. The van der Waals surface area contributed by atoms with E-state index < -0.39 is 0 Å². The number of hydrogen-bond acceptors (Lipinski definition) is 4. The fourth-order valence-corrected chi connectivity index (χ4v) is 1.44. The van der Waals surface area contributed by atoms with Crippen LogP contribution < -0.4 is 14.8 Å². The zero-order chi connectivity index (χ0) is 12.0. The highest BCUT2D eigenvalue weighted by Crippen LogP contribution is 2.27. The van der Waals surface area contributed by atoms with Crippen LogP contribution in [0.3, 0.4) is 0 Å². The van der Waals surface area contributed by atoms with Gasteiger partial charge in [0, 0.05) is 18.2 Å². The molecule has 1 aromatic rings. The molecule has 4 heteroatoms. The molecule has 2 N–H and O–H groups in total. The van der Waals surface area contributed by atoms with Gasteiger partial charge in [-0.25, -0.2) is 0 Å². The van der Waals surface area contributed by atoms with Gasteiger partial charge in [-0.3, -0.25) is 0 Å². The minimum Gasteiger partial charge on any atom is -0.496 e. The summed E-state index contributed by atoms with van der Waals surface area (Å²) < 4.78 is 10.5. The molecule has 0 bridgehead atoms. The largest absolute Gasteiger partial charge is 0.496 e.